The molecule has 0 unspecified atom stereocenters. The molecule has 0 saturated carbocycles. The van der Waals surface area contributed by atoms with Crippen LogP contribution >= 0.6 is 0 Å². The van der Waals surface area contributed by atoms with Gasteiger partial charge in [-0.15, -0.1) is 0 Å². The Hall–Kier alpha value is -1.02. The van der Waals surface area contributed by atoms with E-state index in [0.29, 0.717) is 12.5 Å². The lowest BCUT2D eigenvalue weighted by atomic mass is 9.97. The monoisotopic (exact) mass is 234 g/mol. The van der Waals surface area contributed by atoms with E-state index in [1.54, 1.807) is 0 Å². The molecule has 0 atom stereocenters. The third-order valence-electron chi connectivity index (χ3n) is 3.67. The van der Waals surface area contributed by atoms with Gasteiger partial charge in [0.2, 0.25) is 0 Å². The van der Waals surface area contributed by atoms with Crippen LogP contribution in [-0.2, 0) is 0 Å². The van der Waals surface area contributed by atoms with E-state index in [1.807, 2.05) is 0 Å². The van der Waals surface area contributed by atoms with Crippen LogP contribution in [0.5, 0.6) is 0 Å². The van der Waals surface area contributed by atoms with Crippen molar-refractivity contribution in [2.45, 2.75) is 46.1 Å². The summed E-state index contributed by atoms with van der Waals surface area (Å²) in [7, 11) is 2.12. The molecule has 96 valence electrons. The Labute approximate surface area is 106 Å². The first-order valence-electron chi connectivity index (χ1n) is 6.34. The minimum absolute atomic E-state index is 0.0135. The Morgan fingerprint density at radius 3 is 2.35 bits per heavy atom. The molecule has 0 aliphatic carbocycles. The van der Waals surface area contributed by atoms with Crippen molar-refractivity contribution in [3.05, 3.63) is 29.3 Å². The molecule has 0 aromatic heterocycles. The molecule has 0 heterocycles. The van der Waals surface area contributed by atoms with Gasteiger partial charge < -0.3 is 10.6 Å². The molecule has 0 amide bonds. The van der Waals surface area contributed by atoms with Gasteiger partial charge in [0, 0.05) is 24.8 Å². The van der Waals surface area contributed by atoms with Gasteiger partial charge in [0.25, 0.3) is 0 Å². The molecule has 2 nitrogen and oxygen atoms in total. The molecular formula is C15H26N2. The molecule has 0 radical (unpaired) electrons. The van der Waals surface area contributed by atoms with Crippen LogP contribution in [0.4, 0.5) is 5.69 Å². The predicted octanol–water partition coefficient (Wildman–Crippen LogP) is 3.29. The van der Waals surface area contributed by atoms with Gasteiger partial charge in [-0.25, -0.2) is 0 Å². The Morgan fingerprint density at radius 2 is 1.88 bits per heavy atom. The average molecular weight is 234 g/mol. The van der Waals surface area contributed by atoms with E-state index < -0.39 is 0 Å². The van der Waals surface area contributed by atoms with Crippen LogP contribution in [0.25, 0.3) is 0 Å². The SMILES string of the molecule is Cc1ccc(C(C)C)cc1N(C)C(C)(C)CN. The predicted molar refractivity (Wildman–Crippen MR) is 76.8 cm³/mol. The standard InChI is InChI=1S/C15H26N2/c1-11(2)13-8-7-12(3)14(9-13)17(6)15(4,5)10-16/h7-9,11H,10,16H2,1-6H3. The number of nitrogens with zero attached hydrogens (tertiary/aromatic N) is 1. The first kappa shape index (κ1) is 14.0. The second-order valence-electron chi connectivity index (χ2n) is 5.78. The minimum Gasteiger partial charge on any atom is -0.368 e. The molecule has 2 N–H and O–H groups in total. The highest BCUT2D eigenvalue weighted by Crippen LogP contribution is 2.28. The molecule has 1 aromatic rings. The van der Waals surface area contributed by atoms with Crippen molar-refractivity contribution >= 4 is 5.69 Å². The number of likely N-dealkylation sites (N-methyl/N-ethyl adjacent to an activating group) is 1. The summed E-state index contributed by atoms with van der Waals surface area (Å²) in [6.07, 6.45) is 0. The van der Waals surface area contributed by atoms with E-state index in [0.717, 1.165) is 0 Å². The lowest BCUT2D eigenvalue weighted by Gasteiger charge is -2.37. The van der Waals surface area contributed by atoms with Gasteiger partial charge in [0.15, 0.2) is 0 Å². The smallest absolute Gasteiger partial charge is 0.0464 e. The lowest BCUT2D eigenvalue weighted by Crippen LogP contribution is -2.47. The fourth-order valence-electron chi connectivity index (χ4n) is 1.81. The normalized spacial score (nSPS) is 12.0. The molecule has 1 aromatic carbocycles. The van der Waals surface area contributed by atoms with Gasteiger partial charge in [0.05, 0.1) is 0 Å². The summed E-state index contributed by atoms with van der Waals surface area (Å²) in [5.74, 6) is 0.559. The van der Waals surface area contributed by atoms with E-state index >= 15 is 0 Å². The van der Waals surface area contributed by atoms with E-state index in [9.17, 15) is 0 Å². The molecule has 1 rings (SSSR count). The third kappa shape index (κ3) is 3.01. The van der Waals surface area contributed by atoms with Crippen LogP contribution in [0, 0.1) is 6.92 Å². The summed E-state index contributed by atoms with van der Waals surface area (Å²) in [6.45, 7) is 11.6. The highest BCUT2D eigenvalue weighted by Gasteiger charge is 2.23. The Kier molecular flexibility index (Phi) is 4.21. The van der Waals surface area contributed by atoms with Gasteiger partial charge >= 0.3 is 0 Å². The quantitative estimate of drug-likeness (QED) is 0.866. The van der Waals surface area contributed by atoms with Crippen LogP contribution in [0.1, 0.15) is 44.7 Å². The average Bonchev–Trinajstić information content (AvgIpc) is 2.28. The molecule has 17 heavy (non-hydrogen) atoms. The van der Waals surface area contributed by atoms with Gasteiger partial charge in [-0.2, -0.15) is 0 Å². The summed E-state index contributed by atoms with van der Waals surface area (Å²) in [5, 5.41) is 0. The maximum atomic E-state index is 5.85. The molecule has 2 heteroatoms. The Balaban J connectivity index is 3.16. The molecular weight excluding hydrogens is 208 g/mol. The Morgan fingerprint density at radius 1 is 1.29 bits per heavy atom. The number of hydrogen-bond donors (Lipinski definition) is 1. The number of hydrogen-bond acceptors (Lipinski definition) is 2. The summed E-state index contributed by atoms with van der Waals surface area (Å²) < 4.78 is 0. The second-order valence-corrected chi connectivity index (χ2v) is 5.78. The van der Waals surface area contributed by atoms with Gasteiger partial charge in [-0.3, -0.25) is 0 Å². The second kappa shape index (κ2) is 5.09. The van der Waals surface area contributed by atoms with Crippen molar-refractivity contribution in [3.63, 3.8) is 0 Å². The molecule has 0 aliphatic rings. The van der Waals surface area contributed by atoms with Crippen LogP contribution in [-0.4, -0.2) is 19.1 Å². The first-order valence-corrected chi connectivity index (χ1v) is 6.34. The first-order chi connectivity index (χ1) is 7.79. The molecule has 0 aliphatic heterocycles. The summed E-state index contributed by atoms with van der Waals surface area (Å²) in [4.78, 5) is 2.29. The van der Waals surface area contributed by atoms with Gasteiger partial charge in [-0.1, -0.05) is 26.0 Å². The van der Waals surface area contributed by atoms with Crippen molar-refractivity contribution in [1.29, 1.82) is 0 Å². The topological polar surface area (TPSA) is 29.3 Å². The van der Waals surface area contributed by atoms with Crippen molar-refractivity contribution in [1.82, 2.24) is 0 Å². The maximum absolute atomic E-state index is 5.85. The summed E-state index contributed by atoms with van der Waals surface area (Å²) in [6, 6.07) is 6.71. The number of anilines is 1. The Bertz CT molecular complexity index is 381. The number of nitrogens with two attached hydrogens (primary N) is 1. The van der Waals surface area contributed by atoms with Crippen LogP contribution < -0.4 is 10.6 Å². The number of benzene rings is 1. The minimum atomic E-state index is -0.0135. The van der Waals surface area contributed by atoms with Crippen LogP contribution in [0.15, 0.2) is 18.2 Å². The number of aryl methyl sites for hydroxylation is 1. The molecule has 0 saturated heterocycles. The highest BCUT2D eigenvalue weighted by atomic mass is 15.2. The molecule has 0 spiro atoms. The largest absolute Gasteiger partial charge is 0.368 e. The molecule has 0 fully saturated rings. The van der Waals surface area contributed by atoms with E-state index in [-0.39, 0.29) is 5.54 Å². The maximum Gasteiger partial charge on any atom is 0.0464 e. The van der Waals surface area contributed by atoms with Crippen molar-refractivity contribution in [2.24, 2.45) is 5.73 Å². The summed E-state index contributed by atoms with van der Waals surface area (Å²) >= 11 is 0. The zero-order valence-electron chi connectivity index (χ0n) is 12.0. The van der Waals surface area contributed by atoms with E-state index in [4.69, 9.17) is 5.73 Å². The van der Waals surface area contributed by atoms with Crippen molar-refractivity contribution in [3.8, 4) is 0 Å². The fourth-order valence-corrected chi connectivity index (χ4v) is 1.81. The van der Waals surface area contributed by atoms with Crippen LogP contribution in [0.2, 0.25) is 0 Å². The van der Waals surface area contributed by atoms with E-state index in [1.165, 1.54) is 16.8 Å². The van der Waals surface area contributed by atoms with Gasteiger partial charge in [0.1, 0.15) is 0 Å². The number of rotatable bonds is 4. The third-order valence-corrected chi connectivity index (χ3v) is 3.67. The summed E-state index contributed by atoms with van der Waals surface area (Å²) in [5.41, 5.74) is 9.81. The van der Waals surface area contributed by atoms with E-state index in [2.05, 4.69) is 64.8 Å². The fraction of sp³-hybridized carbons (Fsp3) is 0.600. The van der Waals surface area contributed by atoms with Gasteiger partial charge in [-0.05, 0) is 43.9 Å². The van der Waals surface area contributed by atoms with Crippen molar-refractivity contribution < 1.29 is 0 Å². The zero-order chi connectivity index (χ0) is 13.2. The highest BCUT2D eigenvalue weighted by molar-refractivity contribution is 5.56. The zero-order valence-corrected chi connectivity index (χ0v) is 12.0. The lowest BCUT2D eigenvalue weighted by molar-refractivity contribution is 0.497. The van der Waals surface area contributed by atoms with Crippen molar-refractivity contribution in [2.75, 3.05) is 18.5 Å². The molecule has 0 bridgehead atoms. The van der Waals surface area contributed by atoms with Crippen LogP contribution in [0.3, 0.4) is 0 Å².